The summed E-state index contributed by atoms with van der Waals surface area (Å²) in [6, 6.07) is 18.2. The predicted molar refractivity (Wildman–Crippen MR) is 110 cm³/mol. The highest BCUT2D eigenvalue weighted by molar-refractivity contribution is 5.96. The van der Waals surface area contributed by atoms with E-state index in [1.807, 2.05) is 42.5 Å². The van der Waals surface area contributed by atoms with Crippen LogP contribution in [0.4, 0.5) is 11.6 Å². The van der Waals surface area contributed by atoms with Crippen LogP contribution < -0.4 is 5.32 Å². The van der Waals surface area contributed by atoms with E-state index in [4.69, 9.17) is 0 Å². The smallest absolute Gasteiger partial charge is 0.254 e. The van der Waals surface area contributed by atoms with Gasteiger partial charge in [-0.05, 0) is 36.4 Å². The number of benzene rings is 2. The van der Waals surface area contributed by atoms with Gasteiger partial charge in [-0.2, -0.15) is 0 Å². The number of carbonyl (C=O) groups excluding carboxylic acids is 2. The molecular weight excluding hydrogens is 366 g/mol. The summed E-state index contributed by atoms with van der Waals surface area (Å²) in [7, 11) is 0. The maximum absolute atomic E-state index is 12.9. The van der Waals surface area contributed by atoms with E-state index in [1.54, 1.807) is 40.4 Å². The molecule has 0 saturated carbocycles. The van der Waals surface area contributed by atoms with E-state index in [1.165, 1.54) is 0 Å². The number of hydrogen-bond acceptors (Lipinski definition) is 5. The second kappa shape index (κ2) is 8.52. The SMILES string of the molecule is O=C(c1ccccc1)N1CCN(C(=O)c2cccc(Nc3ncccn3)c2)CC1. The molecule has 1 N–H and O–H groups in total. The van der Waals surface area contributed by atoms with Crippen molar-refractivity contribution in [2.75, 3.05) is 31.5 Å². The molecule has 0 unspecified atom stereocenters. The monoisotopic (exact) mass is 387 g/mol. The van der Waals surface area contributed by atoms with Gasteiger partial charge in [-0.15, -0.1) is 0 Å². The zero-order valence-electron chi connectivity index (χ0n) is 15.9. The molecule has 4 rings (SSSR count). The fraction of sp³-hybridized carbons (Fsp3) is 0.182. The third kappa shape index (κ3) is 4.40. The highest BCUT2D eigenvalue weighted by atomic mass is 16.2. The van der Waals surface area contributed by atoms with Crippen molar-refractivity contribution >= 4 is 23.5 Å². The molecule has 2 amide bonds. The van der Waals surface area contributed by atoms with E-state index in [-0.39, 0.29) is 11.8 Å². The van der Waals surface area contributed by atoms with Gasteiger partial charge in [0.25, 0.3) is 11.8 Å². The summed E-state index contributed by atoms with van der Waals surface area (Å²) in [5.41, 5.74) is 2.02. The van der Waals surface area contributed by atoms with Crippen molar-refractivity contribution in [2.24, 2.45) is 0 Å². The first-order chi connectivity index (χ1) is 14.2. The molecule has 7 heteroatoms. The molecule has 29 heavy (non-hydrogen) atoms. The molecule has 1 aliphatic heterocycles. The number of carbonyl (C=O) groups is 2. The summed E-state index contributed by atoms with van der Waals surface area (Å²) in [6.45, 7) is 2.07. The number of piperazine rings is 1. The fourth-order valence-electron chi connectivity index (χ4n) is 3.28. The second-order valence-corrected chi connectivity index (χ2v) is 6.73. The third-order valence-corrected chi connectivity index (χ3v) is 4.81. The predicted octanol–water partition coefficient (Wildman–Crippen LogP) is 2.82. The van der Waals surface area contributed by atoms with Crippen LogP contribution in [0.2, 0.25) is 0 Å². The van der Waals surface area contributed by atoms with Gasteiger partial charge in [0, 0.05) is 55.4 Å². The van der Waals surface area contributed by atoms with Gasteiger partial charge in [-0.3, -0.25) is 9.59 Å². The van der Waals surface area contributed by atoms with Gasteiger partial charge in [-0.25, -0.2) is 9.97 Å². The Hall–Kier alpha value is -3.74. The Morgan fingerprint density at radius 3 is 1.97 bits per heavy atom. The van der Waals surface area contributed by atoms with Crippen LogP contribution in [-0.4, -0.2) is 57.8 Å². The van der Waals surface area contributed by atoms with Crippen LogP contribution in [0, 0.1) is 0 Å². The normalized spacial score (nSPS) is 13.8. The van der Waals surface area contributed by atoms with Crippen LogP contribution >= 0.6 is 0 Å². The zero-order chi connectivity index (χ0) is 20.1. The molecule has 0 radical (unpaired) electrons. The van der Waals surface area contributed by atoms with Gasteiger partial charge < -0.3 is 15.1 Å². The molecule has 0 atom stereocenters. The van der Waals surface area contributed by atoms with Crippen LogP contribution in [0.3, 0.4) is 0 Å². The molecule has 1 fully saturated rings. The lowest BCUT2D eigenvalue weighted by Gasteiger charge is -2.35. The topological polar surface area (TPSA) is 78.4 Å². The highest BCUT2D eigenvalue weighted by Crippen LogP contribution is 2.17. The standard InChI is InChI=1S/C22H21N5O2/c28-20(17-6-2-1-3-7-17)26-12-14-27(15-13-26)21(29)18-8-4-9-19(16-18)25-22-23-10-5-11-24-22/h1-11,16H,12-15H2,(H,23,24,25). The first-order valence-corrected chi connectivity index (χ1v) is 9.48. The summed E-state index contributed by atoms with van der Waals surface area (Å²) >= 11 is 0. The van der Waals surface area contributed by atoms with Crippen molar-refractivity contribution in [3.8, 4) is 0 Å². The number of hydrogen-bond donors (Lipinski definition) is 1. The van der Waals surface area contributed by atoms with Gasteiger partial charge in [0.15, 0.2) is 0 Å². The lowest BCUT2D eigenvalue weighted by atomic mass is 10.1. The van der Waals surface area contributed by atoms with Gasteiger partial charge in [0.1, 0.15) is 0 Å². The Kier molecular flexibility index (Phi) is 5.47. The van der Waals surface area contributed by atoms with Gasteiger partial charge in [0.05, 0.1) is 0 Å². The van der Waals surface area contributed by atoms with Crippen LogP contribution in [0.1, 0.15) is 20.7 Å². The molecule has 1 aliphatic rings. The van der Waals surface area contributed by atoms with Crippen LogP contribution in [0.5, 0.6) is 0 Å². The van der Waals surface area contributed by atoms with Gasteiger partial charge in [0.2, 0.25) is 5.95 Å². The molecule has 146 valence electrons. The summed E-state index contributed by atoms with van der Waals surface area (Å²) in [4.78, 5) is 37.3. The molecule has 1 saturated heterocycles. The van der Waals surface area contributed by atoms with Crippen molar-refractivity contribution < 1.29 is 9.59 Å². The Morgan fingerprint density at radius 2 is 1.31 bits per heavy atom. The van der Waals surface area contributed by atoms with Crippen molar-refractivity contribution in [1.82, 2.24) is 19.8 Å². The Bertz CT molecular complexity index is 986. The van der Waals surface area contributed by atoms with E-state index in [0.29, 0.717) is 43.3 Å². The lowest BCUT2D eigenvalue weighted by Crippen LogP contribution is -2.50. The summed E-state index contributed by atoms with van der Waals surface area (Å²) in [6.07, 6.45) is 3.31. The van der Waals surface area contributed by atoms with Crippen LogP contribution in [0.25, 0.3) is 0 Å². The van der Waals surface area contributed by atoms with E-state index in [0.717, 1.165) is 5.69 Å². The number of nitrogens with one attached hydrogen (secondary N) is 1. The summed E-state index contributed by atoms with van der Waals surface area (Å²) < 4.78 is 0. The van der Waals surface area contributed by atoms with E-state index in [2.05, 4.69) is 15.3 Å². The molecule has 0 aliphatic carbocycles. The minimum Gasteiger partial charge on any atom is -0.335 e. The maximum Gasteiger partial charge on any atom is 0.254 e. The number of nitrogens with zero attached hydrogens (tertiary/aromatic N) is 4. The molecule has 2 aromatic carbocycles. The number of rotatable bonds is 4. The molecule has 0 spiro atoms. The van der Waals surface area contributed by atoms with E-state index >= 15 is 0 Å². The quantitative estimate of drug-likeness (QED) is 0.745. The first-order valence-electron chi connectivity index (χ1n) is 9.48. The minimum atomic E-state index is -0.0468. The van der Waals surface area contributed by atoms with Crippen molar-refractivity contribution in [1.29, 1.82) is 0 Å². The minimum absolute atomic E-state index is 0.00626. The Labute approximate surface area is 169 Å². The molecule has 3 aromatic rings. The molecule has 7 nitrogen and oxygen atoms in total. The number of anilines is 2. The van der Waals surface area contributed by atoms with Gasteiger partial charge in [-0.1, -0.05) is 24.3 Å². The Balaban J connectivity index is 1.38. The fourth-order valence-corrected chi connectivity index (χ4v) is 3.28. The summed E-state index contributed by atoms with van der Waals surface area (Å²) in [5.74, 6) is 0.436. The zero-order valence-corrected chi connectivity index (χ0v) is 15.9. The lowest BCUT2D eigenvalue weighted by molar-refractivity contribution is 0.0535. The van der Waals surface area contributed by atoms with E-state index < -0.39 is 0 Å². The van der Waals surface area contributed by atoms with Crippen molar-refractivity contribution in [3.63, 3.8) is 0 Å². The maximum atomic E-state index is 12.9. The number of amides is 2. The van der Waals surface area contributed by atoms with E-state index in [9.17, 15) is 9.59 Å². The number of aromatic nitrogens is 2. The molecule has 2 heterocycles. The molecular formula is C22H21N5O2. The van der Waals surface area contributed by atoms with Crippen LogP contribution in [-0.2, 0) is 0 Å². The Morgan fingerprint density at radius 1 is 0.724 bits per heavy atom. The summed E-state index contributed by atoms with van der Waals surface area (Å²) in [5, 5.41) is 3.10. The second-order valence-electron chi connectivity index (χ2n) is 6.73. The van der Waals surface area contributed by atoms with Crippen molar-refractivity contribution in [3.05, 3.63) is 84.2 Å². The average molecular weight is 387 g/mol. The van der Waals surface area contributed by atoms with Gasteiger partial charge >= 0.3 is 0 Å². The van der Waals surface area contributed by atoms with Crippen LogP contribution in [0.15, 0.2) is 73.1 Å². The average Bonchev–Trinajstić information content (AvgIpc) is 2.80. The van der Waals surface area contributed by atoms with Crippen molar-refractivity contribution in [2.45, 2.75) is 0 Å². The molecule has 1 aromatic heterocycles. The molecule has 0 bridgehead atoms. The third-order valence-electron chi connectivity index (χ3n) is 4.81. The first kappa shape index (κ1) is 18.6. The largest absolute Gasteiger partial charge is 0.335 e. The highest BCUT2D eigenvalue weighted by Gasteiger charge is 2.25.